The zero-order chi connectivity index (χ0) is 20.9. The third-order valence-electron chi connectivity index (χ3n) is 5.80. The molecule has 2 heterocycles. The molecule has 3 aromatic rings. The van der Waals surface area contributed by atoms with E-state index in [1.54, 1.807) is 31.2 Å². The molecule has 2 aromatic carbocycles. The van der Waals surface area contributed by atoms with Gasteiger partial charge in [-0.3, -0.25) is 9.69 Å². The second kappa shape index (κ2) is 6.95. The maximum Gasteiger partial charge on any atom is 0.325 e. The summed E-state index contributed by atoms with van der Waals surface area (Å²) < 4.78 is 5.27. The first-order chi connectivity index (χ1) is 14.4. The van der Waals surface area contributed by atoms with Crippen LogP contribution in [-0.4, -0.2) is 27.0 Å². The molecule has 2 aliphatic rings. The smallest absolute Gasteiger partial charge is 0.325 e. The number of carbonyl (C=O) groups excluding carboxylic acids is 2. The van der Waals surface area contributed by atoms with Crippen LogP contribution in [0.15, 0.2) is 47.0 Å². The fourth-order valence-electron chi connectivity index (χ4n) is 4.12. The molecule has 152 valence electrons. The number of halogens is 1. The van der Waals surface area contributed by atoms with Crippen molar-refractivity contribution in [2.45, 2.75) is 38.3 Å². The molecule has 1 aromatic heterocycles. The van der Waals surface area contributed by atoms with Crippen LogP contribution in [0.3, 0.4) is 0 Å². The number of fused-ring (bicyclic) bond motifs is 1. The molecule has 0 spiro atoms. The molecule has 8 heteroatoms. The van der Waals surface area contributed by atoms with Gasteiger partial charge in [0.1, 0.15) is 12.1 Å². The molecule has 30 heavy (non-hydrogen) atoms. The van der Waals surface area contributed by atoms with E-state index in [9.17, 15) is 9.59 Å². The number of nitrogens with one attached hydrogen (secondary N) is 1. The number of amides is 3. The van der Waals surface area contributed by atoms with Gasteiger partial charge in [-0.05, 0) is 55.0 Å². The SMILES string of the molecule is CC1(c2ccc3c(c2)CCC3)NC(=O)N(Cc2nc(-c3cccc(Cl)c3)no2)C1=O. The van der Waals surface area contributed by atoms with Gasteiger partial charge in [0.05, 0.1) is 0 Å². The van der Waals surface area contributed by atoms with Crippen molar-refractivity contribution in [3.05, 3.63) is 70.1 Å². The number of benzene rings is 2. The first-order valence-electron chi connectivity index (χ1n) is 9.79. The fraction of sp³-hybridized carbons (Fsp3) is 0.273. The lowest BCUT2D eigenvalue weighted by Gasteiger charge is -2.22. The van der Waals surface area contributed by atoms with Crippen molar-refractivity contribution in [3.8, 4) is 11.4 Å². The molecular weight excluding hydrogens is 404 g/mol. The standard InChI is InChI=1S/C22H19ClN4O3/c1-22(16-9-8-13-4-2-5-14(13)10-16)20(28)27(21(29)25-22)12-18-24-19(26-30-18)15-6-3-7-17(23)11-15/h3,6-11H,2,4-5,12H2,1H3,(H,25,29). The highest BCUT2D eigenvalue weighted by molar-refractivity contribution is 6.30. The third-order valence-corrected chi connectivity index (χ3v) is 6.03. The van der Waals surface area contributed by atoms with E-state index in [4.69, 9.17) is 16.1 Å². The van der Waals surface area contributed by atoms with Gasteiger partial charge in [-0.2, -0.15) is 4.98 Å². The minimum absolute atomic E-state index is 0.0984. The molecule has 0 radical (unpaired) electrons. The van der Waals surface area contributed by atoms with Gasteiger partial charge in [-0.15, -0.1) is 0 Å². The summed E-state index contributed by atoms with van der Waals surface area (Å²) in [6.07, 6.45) is 3.18. The normalized spacial score (nSPS) is 20.5. The van der Waals surface area contributed by atoms with Crippen LogP contribution in [0.4, 0.5) is 4.79 Å². The molecule has 0 bridgehead atoms. The van der Waals surface area contributed by atoms with E-state index in [0.29, 0.717) is 16.4 Å². The summed E-state index contributed by atoms with van der Waals surface area (Å²) >= 11 is 6.01. The lowest BCUT2D eigenvalue weighted by atomic mass is 9.90. The van der Waals surface area contributed by atoms with Gasteiger partial charge < -0.3 is 9.84 Å². The minimum atomic E-state index is -1.12. The van der Waals surface area contributed by atoms with Crippen molar-refractivity contribution >= 4 is 23.5 Å². The zero-order valence-corrected chi connectivity index (χ0v) is 17.1. The zero-order valence-electron chi connectivity index (χ0n) is 16.3. The average molecular weight is 423 g/mol. The fourth-order valence-corrected chi connectivity index (χ4v) is 4.31. The second-order valence-corrected chi connectivity index (χ2v) is 8.24. The molecule has 0 saturated carbocycles. The first kappa shape index (κ1) is 18.8. The van der Waals surface area contributed by atoms with E-state index < -0.39 is 11.6 Å². The van der Waals surface area contributed by atoms with Crippen LogP contribution in [-0.2, 0) is 29.7 Å². The summed E-state index contributed by atoms with van der Waals surface area (Å²) in [5.74, 6) is 0.181. The number of rotatable bonds is 4. The molecule has 5 rings (SSSR count). The van der Waals surface area contributed by atoms with Gasteiger partial charge in [0.2, 0.25) is 11.7 Å². The van der Waals surface area contributed by atoms with Crippen molar-refractivity contribution in [1.29, 1.82) is 0 Å². The Kier molecular flexibility index (Phi) is 4.36. The van der Waals surface area contributed by atoms with E-state index in [1.165, 1.54) is 11.1 Å². The van der Waals surface area contributed by atoms with Crippen LogP contribution >= 0.6 is 11.6 Å². The Morgan fingerprint density at radius 1 is 1.17 bits per heavy atom. The molecule has 1 N–H and O–H groups in total. The van der Waals surface area contributed by atoms with Crippen LogP contribution in [0.2, 0.25) is 5.02 Å². The summed E-state index contributed by atoms with van der Waals surface area (Å²) in [5.41, 5.74) is 2.92. The Morgan fingerprint density at radius 2 is 2.00 bits per heavy atom. The highest BCUT2D eigenvalue weighted by Gasteiger charge is 2.49. The van der Waals surface area contributed by atoms with Crippen LogP contribution in [0.25, 0.3) is 11.4 Å². The molecule has 1 aliphatic heterocycles. The van der Waals surface area contributed by atoms with E-state index in [0.717, 1.165) is 29.7 Å². The third kappa shape index (κ3) is 3.06. The topological polar surface area (TPSA) is 88.3 Å². The van der Waals surface area contributed by atoms with Crippen LogP contribution < -0.4 is 5.32 Å². The maximum absolute atomic E-state index is 13.2. The number of aromatic nitrogens is 2. The number of imide groups is 1. The van der Waals surface area contributed by atoms with Crippen LogP contribution in [0.5, 0.6) is 0 Å². The van der Waals surface area contributed by atoms with Gasteiger partial charge in [0, 0.05) is 10.6 Å². The summed E-state index contributed by atoms with van der Waals surface area (Å²) in [6.45, 7) is 1.63. The summed E-state index contributed by atoms with van der Waals surface area (Å²) in [5, 5.41) is 7.33. The van der Waals surface area contributed by atoms with Crippen molar-refractivity contribution in [1.82, 2.24) is 20.4 Å². The first-order valence-corrected chi connectivity index (χ1v) is 10.2. The van der Waals surface area contributed by atoms with E-state index >= 15 is 0 Å². The number of carbonyl (C=O) groups is 2. The average Bonchev–Trinajstić information content (AvgIpc) is 3.44. The van der Waals surface area contributed by atoms with Crippen molar-refractivity contribution < 1.29 is 14.1 Å². The number of aryl methyl sites for hydroxylation is 2. The van der Waals surface area contributed by atoms with E-state index in [1.807, 2.05) is 12.1 Å². The van der Waals surface area contributed by atoms with Crippen LogP contribution in [0.1, 0.15) is 35.9 Å². The quantitative estimate of drug-likeness (QED) is 0.645. The monoisotopic (exact) mass is 422 g/mol. The number of urea groups is 1. The maximum atomic E-state index is 13.2. The predicted octanol–water partition coefficient (Wildman–Crippen LogP) is 3.85. The van der Waals surface area contributed by atoms with E-state index in [2.05, 4.69) is 21.5 Å². The summed E-state index contributed by atoms with van der Waals surface area (Å²) in [4.78, 5) is 31.2. The lowest BCUT2D eigenvalue weighted by molar-refractivity contribution is -0.131. The van der Waals surface area contributed by atoms with Gasteiger partial charge in [0.25, 0.3) is 5.91 Å². The number of hydrogen-bond acceptors (Lipinski definition) is 5. The number of nitrogens with zero attached hydrogens (tertiary/aromatic N) is 3. The Labute approximate surface area is 178 Å². The Bertz CT molecular complexity index is 1170. The van der Waals surface area contributed by atoms with Gasteiger partial charge in [-0.1, -0.05) is 47.1 Å². The summed E-state index contributed by atoms with van der Waals surface area (Å²) in [6, 6.07) is 12.6. The molecule has 1 fully saturated rings. The molecule has 1 atom stereocenters. The Hall–Kier alpha value is -3.19. The second-order valence-electron chi connectivity index (χ2n) is 7.81. The Morgan fingerprint density at radius 3 is 2.83 bits per heavy atom. The molecule has 7 nitrogen and oxygen atoms in total. The predicted molar refractivity (Wildman–Crippen MR) is 110 cm³/mol. The van der Waals surface area contributed by atoms with Gasteiger partial charge in [-0.25, -0.2) is 4.79 Å². The van der Waals surface area contributed by atoms with Crippen molar-refractivity contribution in [2.75, 3.05) is 0 Å². The molecule has 1 saturated heterocycles. The van der Waals surface area contributed by atoms with Crippen LogP contribution in [0, 0.1) is 0 Å². The largest absolute Gasteiger partial charge is 0.337 e. The van der Waals surface area contributed by atoms with E-state index in [-0.39, 0.29) is 18.3 Å². The molecule has 3 amide bonds. The number of hydrogen-bond donors (Lipinski definition) is 1. The van der Waals surface area contributed by atoms with Crippen molar-refractivity contribution in [2.24, 2.45) is 0 Å². The molecule has 1 unspecified atom stereocenters. The van der Waals surface area contributed by atoms with Gasteiger partial charge >= 0.3 is 6.03 Å². The van der Waals surface area contributed by atoms with Crippen molar-refractivity contribution in [3.63, 3.8) is 0 Å². The lowest BCUT2D eigenvalue weighted by Crippen LogP contribution is -2.41. The highest BCUT2D eigenvalue weighted by atomic mass is 35.5. The molecule has 1 aliphatic carbocycles. The van der Waals surface area contributed by atoms with Gasteiger partial charge in [0.15, 0.2) is 0 Å². The molecular formula is C22H19ClN4O3. The minimum Gasteiger partial charge on any atom is -0.337 e. The summed E-state index contributed by atoms with van der Waals surface area (Å²) in [7, 11) is 0. The Balaban J connectivity index is 1.39. The highest BCUT2D eigenvalue weighted by Crippen LogP contribution is 2.33.